The van der Waals surface area contributed by atoms with E-state index in [2.05, 4.69) is 0 Å². The Morgan fingerprint density at radius 3 is 1.85 bits per heavy atom. The molecule has 2 bridgehead atoms. The molecular formula is C10H6Cl6O4. The van der Waals surface area contributed by atoms with Crippen molar-refractivity contribution in [2.24, 2.45) is 11.3 Å². The van der Waals surface area contributed by atoms with Crippen LogP contribution in [0.1, 0.15) is 6.92 Å². The molecule has 4 unspecified atom stereocenters. The molecular weight excluding hydrogens is 397 g/mol. The summed E-state index contributed by atoms with van der Waals surface area (Å²) in [4.78, 5) is 18.9. The molecule has 1 fully saturated rings. The van der Waals surface area contributed by atoms with Crippen molar-refractivity contribution >= 4 is 81.5 Å². The van der Waals surface area contributed by atoms with E-state index in [0.717, 1.165) is 6.92 Å². The van der Waals surface area contributed by atoms with Gasteiger partial charge in [0.2, 0.25) is 0 Å². The Labute approximate surface area is 143 Å². The summed E-state index contributed by atoms with van der Waals surface area (Å²) in [5.41, 5.74) is -2.15. The predicted molar refractivity (Wildman–Crippen MR) is 77.2 cm³/mol. The molecule has 0 aromatic heterocycles. The minimum Gasteiger partial charge on any atom is -0.481 e. The van der Waals surface area contributed by atoms with Gasteiger partial charge in [-0.15, -0.1) is 23.2 Å². The van der Waals surface area contributed by atoms with Crippen LogP contribution >= 0.6 is 69.6 Å². The number of rotatable bonds is 2. The third kappa shape index (κ3) is 1.31. The van der Waals surface area contributed by atoms with Crippen LogP contribution in [-0.2, 0) is 9.59 Å². The fourth-order valence-corrected chi connectivity index (χ4v) is 6.17. The van der Waals surface area contributed by atoms with Crippen molar-refractivity contribution < 1.29 is 19.8 Å². The highest BCUT2D eigenvalue weighted by atomic mass is 35.5. The van der Waals surface area contributed by atoms with Crippen LogP contribution in [0, 0.1) is 11.3 Å². The molecule has 0 heterocycles. The number of fused-ring (bicyclic) bond motifs is 2. The van der Waals surface area contributed by atoms with Gasteiger partial charge in [-0.3, -0.25) is 9.59 Å². The zero-order valence-corrected chi connectivity index (χ0v) is 14.1. The van der Waals surface area contributed by atoms with E-state index in [9.17, 15) is 19.8 Å². The zero-order valence-electron chi connectivity index (χ0n) is 9.56. The maximum Gasteiger partial charge on any atom is 0.312 e. The van der Waals surface area contributed by atoms with Crippen molar-refractivity contribution in [2.45, 2.75) is 21.0 Å². The average Bonchev–Trinajstić information content (AvgIpc) is 2.48. The minimum absolute atomic E-state index is 0.355. The van der Waals surface area contributed by atoms with Gasteiger partial charge in [0.15, 0.2) is 4.33 Å². The second-order valence-electron chi connectivity index (χ2n) is 4.85. The van der Waals surface area contributed by atoms with Gasteiger partial charge in [0.1, 0.15) is 21.1 Å². The second kappa shape index (κ2) is 4.24. The van der Waals surface area contributed by atoms with Crippen molar-refractivity contribution in [1.29, 1.82) is 0 Å². The molecule has 2 aliphatic carbocycles. The highest BCUT2D eigenvalue weighted by Gasteiger charge is 2.90. The molecule has 0 spiro atoms. The highest BCUT2D eigenvalue weighted by molar-refractivity contribution is 6.66. The van der Waals surface area contributed by atoms with Gasteiger partial charge in [-0.1, -0.05) is 46.4 Å². The van der Waals surface area contributed by atoms with E-state index in [4.69, 9.17) is 69.6 Å². The van der Waals surface area contributed by atoms with Gasteiger partial charge in [0.25, 0.3) is 0 Å². The van der Waals surface area contributed by atoms with Crippen LogP contribution in [-0.4, -0.2) is 36.2 Å². The first kappa shape index (κ1) is 16.8. The Bertz CT molecular complexity index is 574. The maximum absolute atomic E-state index is 11.7. The predicted octanol–water partition coefficient (Wildman–Crippen LogP) is 3.62. The normalized spacial score (nSPS) is 45.9. The zero-order chi connectivity index (χ0) is 15.9. The van der Waals surface area contributed by atoms with E-state index in [0.29, 0.717) is 0 Å². The third-order valence-electron chi connectivity index (χ3n) is 4.09. The van der Waals surface area contributed by atoms with Crippen molar-refractivity contribution in [2.75, 3.05) is 0 Å². The number of carboxylic acids is 2. The molecule has 0 aliphatic heterocycles. The van der Waals surface area contributed by atoms with Crippen LogP contribution in [0.5, 0.6) is 0 Å². The molecule has 2 aliphatic rings. The van der Waals surface area contributed by atoms with Gasteiger partial charge in [-0.05, 0) is 6.92 Å². The first-order valence-corrected chi connectivity index (χ1v) is 7.37. The van der Waals surface area contributed by atoms with Crippen molar-refractivity contribution in [3.8, 4) is 0 Å². The van der Waals surface area contributed by atoms with Crippen LogP contribution in [0.15, 0.2) is 10.1 Å². The standard InChI is InChI=1S/C10H6Cl6O4/c1-7(6(19)20)2(5(17)18)8(13)3(11)4(12)9(7,14)10(8,15)16/h2H,1H3,(H,17,18)(H,19,20). The fraction of sp³-hybridized carbons (Fsp3) is 0.600. The number of carbonyl (C=O) groups is 2. The topological polar surface area (TPSA) is 74.6 Å². The molecule has 112 valence electrons. The van der Waals surface area contributed by atoms with Gasteiger partial charge in [0, 0.05) is 0 Å². The molecule has 2 N–H and O–H groups in total. The van der Waals surface area contributed by atoms with Crippen molar-refractivity contribution in [3.05, 3.63) is 10.1 Å². The van der Waals surface area contributed by atoms with Gasteiger partial charge < -0.3 is 10.2 Å². The highest BCUT2D eigenvalue weighted by Crippen LogP contribution is 2.80. The number of alkyl halides is 4. The Balaban J connectivity index is 2.96. The van der Waals surface area contributed by atoms with E-state index in [1.54, 1.807) is 0 Å². The quantitative estimate of drug-likeness (QED) is 0.692. The number of allylic oxidation sites excluding steroid dienone is 2. The summed E-state index contributed by atoms with van der Waals surface area (Å²) in [7, 11) is 0. The minimum atomic E-state index is -2.21. The maximum atomic E-state index is 11.7. The molecule has 0 aromatic rings. The SMILES string of the molecule is CC1(C(=O)O)C(C(=O)O)C2(Cl)C(Cl)=C(Cl)C1(Cl)C2(Cl)Cl. The smallest absolute Gasteiger partial charge is 0.312 e. The molecule has 0 saturated heterocycles. The van der Waals surface area contributed by atoms with Gasteiger partial charge in [0.05, 0.1) is 10.1 Å². The van der Waals surface area contributed by atoms with Gasteiger partial charge >= 0.3 is 11.9 Å². The lowest BCUT2D eigenvalue weighted by Crippen LogP contribution is -2.54. The second-order valence-corrected chi connectivity index (χ2v) is 8.10. The summed E-state index contributed by atoms with van der Waals surface area (Å²) < 4.78 is -2.21. The first-order valence-electron chi connectivity index (χ1n) is 5.11. The summed E-state index contributed by atoms with van der Waals surface area (Å²) in [5, 5.41) is 18.2. The summed E-state index contributed by atoms with van der Waals surface area (Å²) in [6.45, 7) is 1.08. The summed E-state index contributed by atoms with van der Waals surface area (Å²) in [6, 6.07) is 0. The van der Waals surface area contributed by atoms with Gasteiger partial charge in [-0.25, -0.2) is 0 Å². The van der Waals surface area contributed by atoms with E-state index < -0.39 is 37.4 Å². The Morgan fingerprint density at radius 2 is 1.50 bits per heavy atom. The number of halogens is 6. The Hall–Kier alpha value is 0.420. The molecule has 2 rings (SSSR count). The number of carboxylic acid groups (broad SMARTS) is 2. The van der Waals surface area contributed by atoms with Gasteiger partial charge in [-0.2, -0.15) is 0 Å². The van der Waals surface area contributed by atoms with E-state index in [1.807, 2.05) is 0 Å². The first-order chi connectivity index (χ1) is 8.82. The molecule has 0 aromatic carbocycles. The summed E-state index contributed by atoms with van der Waals surface area (Å²) in [5.74, 6) is -4.85. The molecule has 4 atom stereocenters. The fourth-order valence-electron chi connectivity index (χ4n) is 2.98. The van der Waals surface area contributed by atoms with Crippen molar-refractivity contribution in [1.82, 2.24) is 0 Å². The van der Waals surface area contributed by atoms with Crippen LogP contribution in [0.25, 0.3) is 0 Å². The summed E-state index contributed by atoms with van der Waals surface area (Å²) >= 11 is 36.7. The van der Waals surface area contributed by atoms with E-state index in [1.165, 1.54) is 0 Å². The van der Waals surface area contributed by atoms with E-state index >= 15 is 0 Å². The lowest BCUT2D eigenvalue weighted by molar-refractivity contribution is -0.161. The largest absolute Gasteiger partial charge is 0.481 e. The lowest BCUT2D eigenvalue weighted by Gasteiger charge is -2.40. The number of hydrogen-bond donors (Lipinski definition) is 2. The summed E-state index contributed by atoms with van der Waals surface area (Å²) in [6.07, 6.45) is 0. The Morgan fingerprint density at radius 1 is 1.05 bits per heavy atom. The van der Waals surface area contributed by atoms with Crippen LogP contribution in [0.2, 0.25) is 0 Å². The molecule has 4 nitrogen and oxygen atoms in total. The molecule has 0 radical (unpaired) electrons. The number of aliphatic carboxylic acids is 2. The average molecular weight is 403 g/mol. The molecule has 1 saturated carbocycles. The monoisotopic (exact) mass is 400 g/mol. The van der Waals surface area contributed by atoms with Crippen LogP contribution < -0.4 is 0 Å². The molecule has 0 amide bonds. The lowest BCUT2D eigenvalue weighted by atomic mass is 9.69. The van der Waals surface area contributed by atoms with Crippen LogP contribution in [0.3, 0.4) is 0 Å². The van der Waals surface area contributed by atoms with Crippen LogP contribution in [0.4, 0.5) is 0 Å². The molecule has 20 heavy (non-hydrogen) atoms. The van der Waals surface area contributed by atoms with Crippen molar-refractivity contribution in [3.63, 3.8) is 0 Å². The molecule has 10 heteroatoms. The Kier molecular flexibility index (Phi) is 3.56. The third-order valence-corrected chi connectivity index (χ3v) is 8.44. The van der Waals surface area contributed by atoms with E-state index in [-0.39, 0.29) is 10.1 Å². The number of hydrogen-bond acceptors (Lipinski definition) is 2.